The highest BCUT2D eigenvalue weighted by Gasteiger charge is 2.14. The van der Waals surface area contributed by atoms with Crippen LogP contribution in [0.3, 0.4) is 0 Å². The first kappa shape index (κ1) is 20.4. The number of thiazole rings is 1. The molecule has 0 unspecified atom stereocenters. The average Bonchev–Trinajstić information content (AvgIpc) is 3.50. The molecule has 0 spiro atoms. The van der Waals surface area contributed by atoms with Crippen LogP contribution in [0.2, 0.25) is 0 Å². The van der Waals surface area contributed by atoms with Crippen LogP contribution in [0, 0.1) is 0 Å². The Labute approximate surface area is 181 Å². The van der Waals surface area contributed by atoms with Crippen molar-refractivity contribution in [2.24, 2.45) is 0 Å². The van der Waals surface area contributed by atoms with Crippen LogP contribution in [-0.2, 0) is 17.8 Å². The molecule has 156 valence electrons. The van der Waals surface area contributed by atoms with Crippen molar-refractivity contribution in [1.29, 1.82) is 0 Å². The lowest BCUT2D eigenvalue weighted by Gasteiger charge is -2.09. The minimum absolute atomic E-state index is 0.191. The molecular formula is C21H18N6O3S. The number of carbonyl (C=O) groups excluding carboxylic acids is 2. The molecule has 2 aromatic heterocycles. The van der Waals surface area contributed by atoms with E-state index in [2.05, 4.69) is 25.7 Å². The first-order valence-corrected chi connectivity index (χ1v) is 10.2. The lowest BCUT2D eigenvalue weighted by Crippen LogP contribution is -2.24. The van der Waals surface area contributed by atoms with E-state index in [9.17, 15) is 9.59 Å². The first-order valence-electron chi connectivity index (χ1n) is 9.35. The van der Waals surface area contributed by atoms with Gasteiger partial charge in [0.15, 0.2) is 0 Å². The molecule has 1 amide bonds. The highest BCUT2D eigenvalue weighted by molar-refractivity contribution is 7.09. The zero-order valence-corrected chi connectivity index (χ0v) is 17.4. The highest BCUT2D eigenvalue weighted by atomic mass is 32.1. The summed E-state index contributed by atoms with van der Waals surface area (Å²) in [6.07, 6.45) is 1.73. The van der Waals surface area contributed by atoms with E-state index in [1.807, 2.05) is 11.4 Å². The molecule has 0 aliphatic carbocycles. The van der Waals surface area contributed by atoms with Gasteiger partial charge in [-0.15, -0.1) is 21.5 Å². The number of amides is 1. The lowest BCUT2D eigenvalue weighted by atomic mass is 10.1. The quantitative estimate of drug-likeness (QED) is 0.445. The minimum atomic E-state index is -0.446. The van der Waals surface area contributed by atoms with Crippen molar-refractivity contribution in [3.63, 3.8) is 0 Å². The minimum Gasteiger partial charge on any atom is -0.465 e. The standard InChI is InChI=1S/C21H18N6O3S/c1-30-21(29)17-8-3-2-5-16(17)12-23-20(28)15-7-4-6-14(11-15)19-24-26-27(25-19)13-18-22-9-10-31-18/h2-11H,12-13H2,1H3,(H,23,28). The maximum absolute atomic E-state index is 12.7. The van der Waals surface area contributed by atoms with Crippen molar-refractivity contribution in [2.45, 2.75) is 13.1 Å². The van der Waals surface area contributed by atoms with Crippen LogP contribution in [-0.4, -0.2) is 44.2 Å². The zero-order chi connectivity index (χ0) is 21.6. The second kappa shape index (κ2) is 9.26. The Morgan fingerprint density at radius 1 is 1.16 bits per heavy atom. The average molecular weight is 434 g/mol. The number of carbonyl (C=O) groups is 2. The Morgan fingerprint density at radius 3 is 2.84 bits per heavy atom. The number of tetrazole rings is 1. The topological polar surface area (TPSA) is 112 Å². The third kappa shape index (κ3) is 4.81. The Morgan fingerprint density at radius 2 is 2.03 bits per heavy atom. The van der Waals surface area contributed by atoms with Crippen molar-refractivity contribution in [3.8, 4) is 11.4 Å². The number of nitrogens with one attached hydrogen (secondary N) is 1. The Hall–Kier alpha value is -3.92. The van der Waals surface area contributed by atoms with E-state index in [-0.39, 0.29) is 12.5 Å². The molecule has 0 atom stereocenters. The molecule has 9 nitrogen and oxygen atoms in total. The van der Waals surface area contributed by atoms with Crippen molar-refractivity contribution in [3.05, 3.63) is 81.8 Å². The predicted molar refractivity (Wildman–Crippen MR) is 113 cm³/mol. The van der Waals surface area contributed by atoms with Gasteiger partial charge in [0.05, 0.1) is 12.7 Å². The molecule has 0 saturated heterocycles. The summed E-state index contributed by atoms with van der Waals surface area (Å²) in [7, 11) is 1.32. The maximum Gasteiger partial charge on any atom is 0.338 e. The summed E-state index contributed by atoms with van der Waals surface area (Å²) in [6.45, 7) is 0.626. The van der Waals surface area contributed by atoms with Crippen LogP contribution in [0.1, 0.15) is 31.3 Å². The molecule has 0 saturated carbocycles. The second-order valence-electron chi connectivity index (χ2n) is 6.48. The van der Waals surface area contributed by atoms with Gasteiger partial charge in [0, 0.05) is 29.2 Å². The predicted octanol–water partition coefficient (Wildman–Crippen LogP) is 2.56. The fourth-order valence-corrected chi connectivity index (χ4v) is 3.53. The maximum atomic E-state index is 12.7. The van der Waals surface area contributed by atoms with Gasteiger partial charge in [-0.05, 0) is 29.0 Å². The zero-order valence-electron chi connectivity index (χ0n) is 16.6. The molecular weight excluding hydrogens is 416 g/mol. The summed E-state index contributed by atoms with van der Waals surface area (Å²) in [5, 5.41) is 18.1. The van der Waals surface area contributed by atoms with E-state index < -0.39 is 5.97 Å². The van der Waals surface area contributed by atoms with Gasteiger partial charge in [-0.1, -0.05) is 30.3 Å². The molecule has 0 radical (unpaired) electrons. The molecule has 0 fully saturated rings. The molecule has 4 rings (SSSR count). The summed E-state index contributed by atoms with van der Waals surface area (Å²) in [5.74, 6) is -0.308. The van der Waals surface area contributed by atoms with E-state index in [1.54, 1.807) is 48.7 Å². The third-order valence-electron chi connectivity index (χ3n) is 4.46. The molecule has 0 bridgehead atoms. The van der Waals surface area contributed by atoms with E-state index in [4.69, 9.17) is 4.74 Å². The summed E-state index contributed by atoms with van der Waals surface area (Å²) in [4.78, 5) is 30.2. The smallest absolute Gasteiger partial charge is 0.338 e. The lowest BCUT2D eigenvalue weighted by molar-refractivity contribution is 0.0598. The van der Waals surface area contributed by atoms with Crippen molar-refractivity contribution >= 4 is 23.2 Å². The Balaban J connectivity index is 1.46. The van der Waals surface area contributed by atoms with E-state index in [1.165, 1.54) is 23.2 Å². The van der Waals surface area contributed by atoms with E-state index in [0.717, 1.165) is 5.01 Å². The summed E-state index contributed by atoms with van der Waals surface area (Å²) in [5.41, 5.74) is 2.21. The number of rotatable bonds is 7. The van der Waals surface area contributed by atoms with Gasteiger partial charge in [-0.2, -0.15) is 4.80 Å². The number of aromatic nitrogens is 5. The first-order chi connectivity index (χ1) is 15.1. The van der Waals surface area contributed by atoms with Crippen molar-refractivity contribution in [1.82, 2.24) is 30.5 Å². The van der Waals surface area contributed by atoms with Crippen LogP contribution >= 0.6 is 11.3 Å². The van der Waals surface area contributed by atoms with Crippen LogP contribution in [0.25, 0.3) is 11.4 Å². The normalized spacial score (nSPS) is 10.6. The van der Waals surface area contributed by atoms with Gasteiger partial charge in [0.25, 0.3) is 5.91 Å². The molecule has 0 aliphatic heterocycles. The van der Waals surface area contributed by atoms with Crippen LogP contribution in [0.4, 0.5) is 0 Å². The fourth-order valence-electron chi connectivity index (χ4n) is 2.94. The summed E-state index contributed by atoms with van der Waals surface area (Å²) >= 11 is 1.52. The number of methoxy groups -OCH3 is 1. The van der Waals surface area contributed by atoms with Gasteiger partial charge in [0.2, 0.25) is 5.82 Å². The number of hydrogen-bond donors (Lipinski definition) is 1. The number of hydrogen-bond acceptors (Lipinski definition) is 8. The van der Waals surface area contributed by atoms with Gasteiger partial charge < -0.3 is 10.1 Å². The number of benzene rings is 2. The van der Waals surface area contributed by atoms with Gasteiger partial charge in [-0.25, -0.2) is 9.78 Å². The highest BCUT2D eigenvalue weighted by Crippen LogP contribution is 2.17. The van der Waals surface area contributed by atoms with E-state index in [0.29, 0.717) is 34.6 Å². The van der Waals surface area contributed by atoms with Gasteiger partial charge >= 0.3 is 5.97 Å². The van der Waals surface area contributed by atoms with Crippen molar-refractivity contribution in [2.75, 3.05) is 7.11 Å². The fraction of sp³-hybridized carbons (Fsp3) is 0.143. The molecule has 4 aromatic rings. The molecule has 1 N–H and O–H groups in total. The largest absolute Gasteiger partial charge is 0.465 e. The molecule has 0 aliphatic rings. The summed E-state index contributed by atoms with van der Waals surface area (Å²) < 4.78 is 4.79. The number of ether oxygens (including phenoxy) is 1. The monoisotopic (exact) mass is 434 g/mol. The van der Waals surface area contributed by atoms with Crippen molar-refractivity contribution < 1.29 is 14.3 Å². The molecule has 2 heterocycles. The SMILES string of the molecule is COC(=O)c1ccccc1CNC(=O)c1cccc(-c2nnn(Cc3nccs3)n2)c1. The van der Waals surface area contributed by atoms with Crippen LogP contribution in [0.5, 0.6) is 0 Å². The number of esters is 1. The van der Waals surface area contributed by atoms with Gasteiger partial charge in [-0.3, -0.25) is 4.79 Å². The molecule has 31 heavy (non-hydrogen) atoms. The van der Waals surface area contributed by atoms with Gasteiger partial charge in [0.1, 0.15) is 11.6 Å². The Bertz CT molecular complexity index is 1210. The van der Waals surface area contributed by atoms with E-state index >= 15 is 0 Å². The summed E-state index contributed by atoms with van der Waals surface area (Å²) in [6, 6.07) is 14.0. The van der Waals surface area contributed by atoms with Crippen LogP contribution < -0.4 is 5.32 Å². The molecule has 2 aromatic carbocycles. The third-order valence-corrected chi connectivity index (χ3v) is 5.22. The Kier molecular flexibility index (Phi) is 6.08. The van der Waals surface area contributed by atoms with Crippen LogP contribution in [0.15, 0.2) is 60.1 Å². The second-order valence-corrected chi connectivity index (χ2v) is 7.46. The number of nitrogens with zero attached hydrogens (tertiary/aromatic N) is 5. The molecule has 10 heteroatoms.